The van der Waals surface area contributed by atoms with Crippen molar-refractivity contribution in [2.24, 2.45) is 0 Å². The molecule has 128 valence electrons. The molecule has 3 aromatic rings. The zero-order chi connectivity index (χ0) is 18.0. The molecule has 0 aliphatic rings. The second kappa shape index (κ2) is 6.84. The molecule has 0 saturated carbocycles. The quantitative estimate of drug-likeness (QED) is 0.513. The maximum absolute atomic E-state index is 13.8. The van der Waals surface area contributed by atoms with Crippen molar-refractivity contribution in [3.8, 4) is 0 Å². The van der Waals surface area contributed by atoms with Gasteiger partial charge >= 0.3 is 5.97 Å². The summed E-state index contributed by atoms with van der Waals surface area (Å²) in [5.41, 5.74) is -0.603. The molecular weight excluding hydrogens is 328 g/mol. The summed E-state index contributed by atoms with van der Waals surface area (Å²) in [7, 11) is 0. The van der Waals surface area contributed by atoms with Crippen molar-refractivity contribution in [2.45, 2.75) is 13.3 Å². The van der Waals surface area contributed by atoms with Crippen LogP contribution < -0.4 is 0 Å². The molecule has 1 aromatic carbocycles. The minimum absolute atomic E-state index is 0.0493. The van der Waals surface area contributed by atoms with Gasteiger partial charge < -0.3 is 9.14 Å². The highest BCUT2D eigenvalue weighted by atomic mass is 19.3. The fourth-order valence-electron chi connectivity index (χ4n) is 2.82. The first-order valence-corrected chi connectivity index (χ1v) is 7.74. The molecule has 0 spiro atoms. The average Bonchev–Trinajstić information content (AvgIpc) is 2.97. The maximum atomic E-state index is 13.8. The Labute approximate surface area is 142 Å². The predicted molar refractivity (Wildman–Crippen MR) is 88.2 cm³/mol. The number of ether oxygens (including phenoxy) is 1. The number of pyridine rings is 1. The number of hydrogen-bond donors (Lipinski definition) is 0. The lowest BCUT2D eigenvalue weighted by molar-refractivity contribution is 0.0518. The van der Waals surface area contributed by atoms with E-state index in [9.17, 15) is 18.4 Å². The van der Waals surface area contributed by atoms with Crippen LogP contribution in [0.4, 0.5) is 8.78 Å². The summed E-state index contributed by atoms with van der Waals surface area (Å²) in [5, 5.41) is 0. The summed E-state index contributed by atoms with van der Waals surface area (Å²) in [4.78, 5) is 25.1. The lowest BCUT2D eigenvalue weighted by Crippen LogP contribution is -2.11. The van der Waals surface area contributed by atoms with Crippen LogP contribution in [0.15, 0.2) is 54.7 Å². The van der Waals surface area contributed by atoms with Crippen LogP contribution in [-0.4, -0.2) is 22.8 Å². The van der Waals surface area contributed by atoms with Gasteiger partial charge in [-0.2, -0.15) is 0 Å². The third kappa shape index (κ3) is 2.91. The zero-order valence-electron chi connectivity index (χ0n) is 13.4. The molecule has 0 amide bonds. The smallest absolute Gasteiger partial charge is 0.340 e. The Morgan fingerprint density at radius 3 is 2.40 bits per heavy atom. The minimum atomic E-state index is -3.00. The van der Waals surface area contributed by atoms with Crippen LogP contribution in [0.3, 0.4) is 0 Å². The number of benzene rings is 1. The molecule has 0 atom stereocenters. The highest BCUT2D eigenvalue weighted by Gasteiger charge is 2.32. The Hall–Kier alpha value is -3.02. The molecule has 0 fully saturated rings. The Morgan fingerprint density at radius 1 is 1.08 bits per heavy atom. The molecule has 25 heavy (non-hydrogen) atoms. The van der Waals surface area contributed by atoms with E-state index in [1.807, 2.05) is 0 Å². The molecule has 4 nitrogen and oxygen atoms in total. The number of ketones is 1. The topological polar surface area (TPSA) is 47.8 Å². The van der Waals surface area contributed by atoms with Crippen LogP contribution in [-0.2, 0) is 4.74 Å². The van der Waals surface area contributed by atoms with E-state index in [0.717, 1.165) is 0 Å². The Morgan fingerprint density at radius 2 is 1.76 bits per heavy atom. The molecule has 0 bridgehead atoms. The first-order valence-electron chi connectivity index (χ1n) is 7.74. The van der Waals surface area contributed by atoms with Crippen LogP contribution in [0.5, 0.6) is 0 Å². The summed E-state index contributed by atoms with van der Waals surface area (Å²) in [6.07, 6.45) is -1.51. The molecule has 0 radical (unpaired) electrons. The number of fused-ring (bicyclic) bond motifs is 1. The normalized spacial score (nSPS) is 11.0. The van der Waals surface area contributed by atoms with Gasteiger partial charge in [0.15, 0.2) is 0 Å². The first-order chi connectivity index (χ1) is 12.1. The van der Waals surface area contributed by atoms with Crippen LogP contribution in [0, 0.1) is 0 Å². The van der Waals surface area contributed by atoms with Gasteiger partial charge in [0.2, 0.25) is 5.78 Å². The van der Waals surface area contributed by atoms with Crippen molar-refractivity contribution in [2.75, 3.05) is 6.61 Å². The largest absolute Gasteiger partial charge is 0.462 e. The number of esters is 1. The second-order valence-electron chi connectivity index (χ2n) is 5.31. The van der Waals surface area contributed by atoms with Gasteiger partial charge in [0.25, 0.3) is 6.43 Å². The van der Waals surface area contributed by atoms with Crippen LogP contribution >= 0.6 is 0 Å². The molecular formula is C19H15F2NO3. The number of halogens is 2. The van der Waals surface area contributed by atoms with E-state index < -0.39 is 23.7 Å². The monoisotopic (exact) mass is 343 g/mol. The Balaban J connectivity index is 2.33. The zero-order valence-corrected chi connectivity index (χ0v) is 13.4. The van der Waals surface area contributed by atoms with Gasteiger partial charge in [-0.05, 0) is 19.1 Å². The van der Waals surface area contributed by atoms with Gasteiger partial charge in [-0.15, -0.1) is 0 Å². The van der Waals surface area contributed by atoms with Gasteiger partial charge in [0.1, 0.15) is 5.69 Å². The van der Waals surface area contributed by atoms with Crippen molar-refractivity contribution >= 4 is 17.3 Å². The van der Waals surface area contributed by atoms with Gasteiger partial charge in [-0.3, -0.25) is 4.79 Å². The number of carbonyl (C=O) groups is 2. The summed E-state index contributed by atoms with van der Waals surface area (Å²) < 4.78 is 33.9. The third-order valence-electron chi connectivity index (χ3n) is 3.83. The molecule has 0 N–H and O–H groups in total. The lowest BCUT2D eigenvalue weighted by Gasteiger charge is -2.06. The molecule has 2 heterocycles. The van der Waals surface area contributed by atoms with Gasteiger partial charge in [-0.25, -0.2) is 13.6 Å². The fourth-order valence-corrected chi connectivity index (χ4v) is 2.82. The van der Waals surface area contributed by atoms with Crippen molar-refractivity contribution in [1.82, 2.24) is 4.40 Å². The summed E-state index contributed by atoms with van der Waals surface area (Å²) in [6.45, 7) is 1.64. The van der Waals surface area contributed by atoms with E-state index in [4.69, 9.17) is 4.74 Å². The number of aromatic nitrogens is 1. The number of carbonyl (C=O) groups excluding carboxylic acids is 2. The van der Waals surface area contributed by atoms with Crippen LogP contribution in [0.2, 0.25) is 0 Å². The molecule has 6 heteroatoms. The highest BCUT2D eigenvalue weighted by Crippen LogP contribution is 2.34. The lowest BCUT2D eigenvalue weighted by atomic mass is 10.0. The molecule has 0 saturated heterocycles. The van der Waals surface area contributed by atoms with Crippen molar-refractivity contribution < 1.29 is 23.1 Å². The average molecular weight is 343 g/mol. The molecule has 0 unspecified atom stereocenters. The van der Waals surface area contributed by atoms with Crippen molar-refractivity contribution in [3.63, 3.8) is 0 Å². The third-order valence-corrected chi connectivity index (χ3v) is 3.83. The molecule has 3 rings (SSSR count). The van der Waals surface area contributed by atoms with Crippen molar-refractivity contribution in [1.29, 1.82) is 0 Å². The van der Waals surface area contributed by atoms with Crippen molar-refractivity contribution in [3.05, 3.63) is 77.1 Å². The van der Waals surface area contributed by atoms with E-state index in [1.54, 1.807) is 49.4 Å². The Kier molecular flexibility index (Phi) is 4.61. The maximum Gasteiger partial charge on any atom is 0.340 e. The van der Waals surface area contributed by atoms with E-state index in [1.165, 1.54) is 16.7 Å². The van der Waals surface area contributed by atoms with Gasteiger partial charge in [0, 0.05) is 11.8 Å². The standard InChI is InChI=1S/C19H15F2NO3/c1-2-25-19(24)14-13-10-6-7-11-22(13)16(15(14)18(20)21)17(23)12-8-4-3-5-9-12/h3-11,18H,2H2,1H3. The summed E-state index contributed by atoms with van der Waals surface area (Å²) in [6, 6.07) is 12.9. The highest BCUT2D eigenvalue weighted by molar-refractivity contribution is 6.13. The molecule has 0 aliphatic heterocycles. The Bertz CT molecular complexity index is 932. The number of hydrogen-bond acceptors (Lipinski definition) is 3. The van der Waals surface area contributed by atoms with Gasteiger partial charge in [-0.1, -0.05) is 36.4 Å². The van der Waals surface area contributed by atoms with E-state index >= 15 is 0 Å². The van der Waals surface area contributed by atoms with Crippen LogP contribution in [0.25, 0.3) is 5.52 Å². The molecule has 2 aromatic heterocycles. The van der Waals surface area contributed by atoms with Crippen LogP contribution in [0.1, 0.15) is 45.3 Å². The minimum Gasteiger partial charge on any atom is -0.462 e. The number of rotatable bonds is 5. The second-order valence-corrected chi connectivity index (χ2v) is 5.31. The van der Waals surface area contributed by atoms with E-state index in [0.29, 0.717) is 0 Å². The SMILES string of the molecule is CCOC(=O)c1c(C(F)F)c(C(=O)c2ccccc2)n2ccccc12. The fraction of sp³-hybridized carbons (Fsp3) is 0.158. The number of alkyl halides is 2. The summed E-state index contributed by atoms with van der Waals surface area (Å²) >= 11 is 0. The number of nitrogens with zero attached hydrogens (tertiary/aromatic N) is 1. The van der Waals surface area contributed by atoms with Gasteiger partial charge in [0.05, 0.1) is 23.3 Å². The van der Waals surface area contributed by atoms with E-state index in [2.05, 4.69) is 0 Å². The van der Waals surface area contributed by atoms with E-state index in [-0.39, 0.29) is 28.9 Å². The summed E-state index contributed by atoms with van der Waals surface area (Å²) in [5.74, 6) is -1.44. The molecule has 0 aliphatic carbocycles. The first kappa shape index (κ1) is 16.8. The predicted octanol–water partition coefficient (Wildman–Crippen LogP) is 4.28.